The first-order chi connectivity index (χ1) is 6.60. The SMILES string of the molecule is CCCNC1(C(F)F)CCCN(C)C1. The van der Waals surface area contributed by atoms with Crippen LogP contribution >= 0.6 is 0 Å². The highest BCUT2D eigenvalue weighted by Crippen LogP contribution is 2.26. The number of halogens is 2. The first-order valence-corrected chi connectivity index (χ1v) is 5.32. The van der Waals surface area contributed by atoms with Crippen LogP contribution in [0.5, 0.6) is 0 Å². The van der Waals surface area contributed by atoms with Crippen molar-refractivity contribution in [3.05, 3.63) is 0 Å². The van der Waals surface area contributed by atoms with Gasteiger partial charge in [-0.05, 0) is 39.4 Å². The first kappa shape index (κ1) is 11.9. The second kappa shape index (κ2) is 5.03. The maximum absolute atomic E-state index is 13.0. The van der Waals surface area contributed by atoms with Crippen molar-refractivity contribution in [1.82, 2.24) is 10.2 Å². The molecule has 0 spiro atoms. The van der Waals surface area contributed by atoms with Gasteiger partial charge in [-0.1, -0.05) is 6.92 Å². The molecule has 0 radical (unpaired) electrons. The lowest BCUT2D eigenvalue weighted by atomic mass is 9.89. The lowest BCUT2D eigenvalue weighted by Crippen LogP contribution is -2.60. The molecule has 0 aromatic rings. The van der Waals surface area contributed by atoms with Crippen LogP contribution in [-0.4, -0.2) is 43.5 Å². The third-order valence-electron chi connectivity index (χ3n) is 2.86. The van der Waals surface area contributed by atoms with Crippen LogP contribution in [0.1, 0.15) is 26.2 Å². The standard InChI is InChI=1S/C10H20F2N2/c1-3-6-13-10(9(11)12)5-4-7-14(2)8-10/h9,13H,3-8H2,1-2H3. The minimum Gasteiger partial charge on any atom is -0.305 e. The van der Waals surface area contributed by atoms with E-state index in [1.54, 1.807) is 0 Å². The van der Waals surface area contributed by atoms with Crippen LogP contribution in [0.15, 0.2) is 0 Å². The van der Waals surface area contributed by atoms with E-state index in [2.05, 4.69) is 5.32 Å². The fourth-order valence-corrected chi connectivity index (χ4v) is 2.08. The Morgan fingerprint density at radius 1 is 1.50 bits per heavy atom. The molecule has 1 fully saturated rings. The van der Waals surface area contributed by atoms with Gasteiger partial charge in [0, 0.05) is 6.54 Å². The Morgan fingerprint density at radius 3 is 2.71 bits per heavy atom. The van der Waals surface area contributed by atoms with Crippen molar-refractivity contribution in [2.45, 2.75) is 38.2 Å². The maximum Gasteiger partial charge on any atom is 0.257 e. The van der Waals surface area contributed by atoms with E-state index in [0.29, 0.717) is 19.5 Å². The van der Waals surface area contributed by atoms with E-state index in [-0.39, 0.29) is 0 Å². The average molecular weight is 206 g/mol. The van der Waals surface area contributed by atoms with Gasteiger partial charge in [-0.3, -0.25) is 0 Å². The molecule has 0 aromatic carbocycles. The fourth-order valence-electron chi connectivity index (χ4n) is 2.08. The van der Waals surface area contributed by atoms with Gasteiger partial charge < -0.3 is 10.2 Å². The highest BCUT2D eigenvalue weighted by molar-refractivity contribution is 4.96. The predicted octanol–water partition coefficient (Wildman–Crippen LogP) is 1.72. The lowest BCUT2D eigenvalue weighted by Gasteiger charge is -2.41. The Balaban J connectivity index is 2.60. The summed E-state index contributed by atoms with van der Waals surface area (Å²) in [7, 11) is 1.91. The van der Waals surface area contributed by atoms with Gasteiger partial charge in [0.05, 0.1) is 5.54 Å². The van der Waals surface area contributed by atoms with Gasteiger partial charge in [0.15, 0.2) is 0 Å². The van der Waals surface area contributed by atoms with Crippen LogP contribution in [0.4, 0.5) is 8.78 Å². The molecule has 0 aromatic heterocycles. The highest BCUT2D eigenvalue weighted by atomic mass is 19.3. The van der Waals surface area contributed by atoms with Crippen molar-refractivity contribution < 1.29 is 8.78 Å². The molecule has 1 heterocycles. The van der Waals surface area contributed by atoms with Crippen LogP contribution in [0, 0.1) is 0 Å². The topological polar surface area (TPSA) is 15.3 Å². The van der Waals surface area contributed by atoms with Crippen molar-refractivity contribution >= 4 is 0 Å². The van der Waals surface area contributed by atoms with Crippen molar-refractivity contribution in [3.63, 3.8) is 0 Å². The second-order valence-corrected chi connectivity index (χ2v) is 4.22. The van der Waals surface area contributed by atoms with Crippen LogP contribution in [-0.2, 0) is 0 Å². The molecule has 0 amide bonds. The van der Waals surface area contributed by atoms with Crippen LogP contribution in [0.25, 0.3) is 0 Å². The zero-order valence-corrected chi connectivity index (χ0v) is 9.02. The van der Waals surface area contributed by atoms with E-state index in [1.807, 2.05) is 18.9 Å². The molecule has 1 saturated heterocycles. The average Bonchev–Trinajstić information content (AvgIpc) is 2.14. The van der Waals surface area contributed by atoms with E-state index < -0.39 is 12.0 Å². The largest absolute Gasteiger partial charge is 0.305 e. The molecule has 1 unspecified atom stereocenters. The summed E-state index contributed by atoms with van der Waals surface area (Å²) in [4.78, 5) is 1.98. The van der Waals surface area contributed by atoms with Gasteiger partial charge in [-0.2, -0.15) is 0 Å². The summed E-state index contributed by atoms with van der Waals surface area (Å²) in [6.07, 6.45) is 0.0851. The van der Waals surface area contributed by atoms with Crippen LogP contribution in [0.2, 0.25) is 0 Å². The molecule has 1 aliphatic heterocycles. The van der Waals surface area contributed by atoms with Gasteiger partial charge in [0.2, 0.25) is 0 Å². The Bertz CT molecular complexity index is 176. The van der Waals surface area contributed by atoms with Gasteiger partial charge in [-0.25, -0.2) is 8.78 Å². The highest BCUT2D eigenvalue weighted by Gasteiger charge is 2.41. The molecule has 0 bridgehead atoms. The van der Waals surface area contributed by atoms with Crippen molar-refractivity contribution in [3.8, 4) is 0 Å². The number of rotatable bonds is 4. The smallest absolute Gasteiger partial charge is 0.257 e. The number of likely N-dealkylation sites (tertiary alicyclic amines) is 1. The second-order valence-electron chi connectivity index (χ2n) is 4.22. The Labute approximate surface area is 84.7 Å². The molecular formula is C10H20F2N2. The molecule has 0 saturated carbocycles. The maximum atomic E-state index is 13.0. The molecule has 4 heteroatoms. The molecule has 1 N–H and O–H groups in total. The van der Waals surface area contributed by atoms with Gasteiger partial charge >= 0.3 is 0 Å². The molecule has 14 heavy (non-hydrogen) atoms. The van der Waals surface area contributed by atoms with E-state index in [4.69, 9.17) is 0 Å². The Hall–Kier alpha value is -0.220. The van der Waals surface area contributed by atoms with Crippen LogP contribution < -0.4 is 5.32 Å². The van der Waals surface area contributed by atoms with Gasteiger partial charge in [0.1, 0.15) is 0 Å². The minimum absolute atomic E-state index is 0.463. The minimum atomic E-state index is -2.27. The lowest BCUT2D eigenvalue weighted by molar-refractivity contribution is -0.0121. The normalized spacial score (nSPS) is 29.8. The summed E-state index contributed by atoms with van der Waals surface area (Å²) in [6, 6.07) is 0. The van der Waals surface area contributed by atoms with Crippen LogP contribution in [0.3, 0.4) is 0 Å². The number of nitrogens with zero attached hydrogens (tertiary/aromatic N) is 1. The Morgan fingerprint density at radius 2 is 2.21 bits per heavy atom. The number of alkyl halides is 2. The predicted molar refractivity (Wildman–Crippen MR) is 53.8 cm³/mol. The number of nitrogens with one attached hydrogen (secondary N) is 1. The van der Waals surface area contributed by atoms with E-state index in [1.165, 1.54) is 0 Å². The van der Waals surface area contributed by atoms with Crippen molar-refractivity contribution in [2.24, 2.45) is 0 Å². The quantitative estimate of drug-likeness (QED) is 0.753. The Kier molecular flexibility index (Phi) is 4.26. The molecule has 1 atom stereocenters. The number of hydrogen-bond donors (Lipinski definition) is 1. The van der Waals surface area contributed by atoms with E-state index >= 15 is 0 Å². The molecule has 1 rings (SSSR count). The number of hydrogen-bond acceptors (Lipinski definition) is 2. The molecule has 84 valence electrons. The molecule has 2 nitrogen and oxygen atoms in total. The zero-order valence-electron chi connectivity index (χ0n) is 9.02. The monoisotopic (exact) mass is 206 g/mol. The zero-order chi connectivity index (χ0) is 10.6. The summed E-state index contributed by atoms with van der Waals surface area (Å²) in [5, 5.41) is 3.02. The van der Waals surface area contributed by atoms with Gasteiger partial charge in [0.25, 0.3) is 6.43 Å². The first-order valence-electron chi connectivity index (χ1n) is 5.32. The van der Waals surface area contributed by atoms with Crippen molar-refractivity contribution in [2.75, 3.05) is 26.7 Å². The molecular weight excluding hydrogens is 186 g/mol. The third kappa shape index (κ3) is 2.64. The van der Waals surface area contributed by atoms with E-state index in [0.717, 1.165) is 19.4 Å². The summed E-state index contributed by atoms with van der Waals surface area (Å²) in [6.45, 7) is 4.07. The number of piperidine rings is 1. The van der Waals surface area contributed by atoms with Crippen molar-refractivity contribution in [1.29, 1.82) is 0 Å². The third-order valence-corrected chi connectivity index (χ3v) is 2.86. The summed E-state index contributed by atoms with van der Waals surface area (Å²) in [5.41, 5.74) is -0.955. The fraction of sp³-hybridized carbons (Fsp3) is 1.00. The summed E-state index contributed by atoms with van der Waals surface area (Å²) < 4.78 is 26.0. The number of likely N-dealkylation sites (N-methyl/N-ethyl adjacent to an activating group) is 1. The molecule has 1 aliphatic rings. The molecule has 0 aliphatic carbocycles. The summed E-state index contributed by atoms with van der Waals surface area (Å²) in [5.74, 6) is 0. The van der Waals surface area contributed by atoms with E-state index in [9.17, 15) is 8.78 Å². The summed E-state index contributed by atoms with van der Waals surface area (Å²) >= 11 is 0. The van der Waals surface area contributed by atoms with Gasteiger partial charge in [-0.15, -0.1) is 0 Å².